The van der Waals surface area contributed by atoms with Crippen LogP contribution in [0.25, 0.3) is 0 Å². The Labute approximate surface area is 118 Å². The molecule has 0 saturated carbocycles. The molecule has 2 rings (SSSR count). The summed E-state index contributed by atoms with van der Waals surface area (Å²) >= 11 is 0. The second-order valence-corrected chi connectivity index (χ2v) is 7.78. The van der Waals surface area contributed by atoms with Crippen molar-refractivity contribution in [3.63, 3.8) is 0 Å². The average Bonchev–Trinajstić information content (AvgIpc) is 2.94. The number of carboxylic acids is 1. The van der Waals surface area contributed by atoms with Crippen molar-refractivity contribution in [3.05, 3.63) is 0 Å². The highest BCUT2D eigenvalue weighted by molar-refractivity contribution is 7.91. The maximum Gasteiger partial charge on any atom is 0.326 e. The number of likely N-dealkylation sites (tertiary alicyclic amines) is 1. The quantitative estimate of drug-likeness (QED) is 0.729. The maximum atomic E-state index is 12.2. The normalized spacial score (nSPS) is 29.0. The van der Waals surface area contributed by atoms with Gasteiger partial charge < -0.3 is 10.0 Å². The Bertz CT molecular complexity index is 504. The third kappa shape index (κ3) is 3.29. The molecule has 0 aromatic heterocycles. The molecule has 0 aromatic carbocycles. The van der Waals surface area contributed by atoms with Crippen molar-refractivity contribution in [1.29, 1.82) is 0 Å². The Hall–Kier alpha value is -1.15. The molecule has 2 aliphatic rings. The molecule has 20 heavy (non-hydrogen) atoms. The van der Waals surface area contributed by atoms with Gasteiger partial charge in [0.25, 0.3) is 0 Å². The van der Waals surface area contributed by atoms with Gasteiger partial charge in [-0.2, -0.15) is 0 Å². The molecular formula is C12H20N2O5S. The number of rotatable bonds is 4. The number of carbonyl (C=O) groups excluding carboxylic acids is 1. The van der Waals surface area contributed by atoms with Crippen molar-refractivity contribution in [1.82, 2.24) is 9.80 Å². The van der Waals surface area contributed by atoms with Gasteiger partial charge in [-0.05, 0) is 26.3 Å². The van der Waals surface area contributed by atoms with E-state index in [1.165, 1.54) is 4.90 Å². The minimum Gasteiger partial charge on any atom is -0.480 e. The number of carbonyl (C=O) groups is 2. The smallest absolute Gasteiger partial charge is 0.326 e. The first-order valence-corrected chi connectivity index (χ1v) is 8.55. The van der Waals surface area contributed by atoms with Crippen LogP contribution in [0.1, 0.15) is 19.3 Å². The van der Waals surface area contributed by atoms with Gasteiger partial charge in [0, 0.05) is 12.6 Å². The molecule has 0 spiro atoms. The topological polar surface area (TPSA) is 95.0 Å². The van der Waals surface area contributed by atoms with Crippen molar-refractivity contribution in [2.45, 2.75) is 31.3 Å². The predicted molar refractivity (Wildman–Crippen MR) is 72.1 cm³/mol. The van der Waals surface area contributed by atoms with E-state index in [9.17, 15) is 18.0 Å². The van der Waals surface area contributed by atoms with E-state index < -0.39 is 21.8 Å². The number of aliphatic carboxylic acids is 1. The van der Waals surface area contributed by atoms with Crippen LogP contribution in [0.5, 0.6) is 0 Å². The van der Waals surface area contributed by atoms with Crippen LogP contribution in [0.4, 0.5) is 0 Å². The average molecular weight is 304 g/mol. The summed E-state index contributed by atoms with van der Waals surface area (Å²) < 4.78 is 22.9. The van der Waals surface area contributed by atoms with Crippen LogP contribution >= 0.6 is 0 Å². The van der Waals surface area contributed by atoms with Crippen molar-refractivity contribution in [2.24, 2.45) is 0 Å². The van der Waals surface area contributed by atoms with Gasteiger partial charge in [0.05, 0.1) is 18.1 Å². The number of hydrogen-bond donors (Lipinski definition) is 1. The molecule has 1 amide bonds. The zero-order chi connectivity index (χ0) is 14.9. The molecule has 2 aliphatic heterocycles. The van der Waals surface area contributed by atoms with Crippen molar-refractivity contribution < 1.29 is 23.1 Å². The van der Waals surface area contributed by atoms with Crippen LogP contribution in [0.2, 0.25) is 0 Å². The standard InChI is InChI=1S/C12H20N2O5S/c1-13(9-4-6-20(18,19)8-9)7-11(15)14-5-2-3-10(14)12(16)17/h9-10H,2-8H2,1H3,(H,16,17). The van der Waals surface area contributed by atoms with Crippen LogP contribution in [0.3, 0.4) is 0 Å². The van der Waals surface area contributed by atoms with Gasteiger partial charge in [-0.1, -0.05) is 0 Å². The molecule has 114 valence electrons. The van der Waals surface area contributed by atoms with Crippen molar-refractivity contribution >= 4 is 21.7 Å². The fourth-order valence-electron chi connectivity index (χ4n) is 2.88. The van der Waals surface area contributed by atoms with E-state index in [1.807, 2.05) is 0 Å². The number of hydrogen-bond acceptors (Lipinski definition) is 5. The molecule has 8 heteroatoms. The molecule has 2 unspecified atom stereocenters. The highest BCUT2D eigenvalue weighted by atomic mass is 32.2. The summed E-state index contributed by atoms with van der Waals surface area (Å²) in [7, 11) is -1.26. The van der Waals surface area contributed by atoms with Gasteiger partial charge in [0.1, 0.15) is 6.04 Å². The molecule has 2 fully saturated rings. The second-order valence-electron chi connectivity index (χ2n) is 5.56. The molecular weight excluding hydrogens is 284 g/mol. The van der Waals surface area contributed by atoms with Crippen LogP contribution in [-0.2, 0) is 19.4 Å². The first kappa shape index (κ1) is 15.2. The minimum atomic E-state index is -2.98. The summed E-state index contributed by atoms with van der Waals surface area (Å²) in [6.07, 6.45) is 1.72. The van der Waals surface area contributed by atoms with Gasteiger partial charge in [-0.15, -0.1) is 0 Å². The van der Waals surface area contributed by atoms with Crippen LogP contribution < -0.4 is 0 Å². The molecule has 1 N–H and O–H groups in total. The highest BCUT2D eigenvalue weighted by Crippen LogP contribution is 2.20. The number of amides is 1. The predicted octanol–water partition coefficient (Wildman–Crippen LogP) is -0.819. The molecule has 7 nitrogen and oxygen atoms in total. The molecule has 0 bridgehead atoms. The second kappa shape index (κ2) is 5.69. The summed E-state index contributed by atoms with van der Waals surface area (Å²) in [4.78, 5) is 26.3. The number of carboxylic acid groups (broad SMARTS) is 1. The summed E-state index contributed by atoms with van der Waals surface area (Å²) in [5.74, 6) is -0.958. The van der Waals surface area contributed by atoms with E-state index in [0.29, 0.717) is 25.8 Å². The third-order valence-corrected chi connectivity index (χ3v) is 5.82. The summed E-state index contributed by atoms with van der Waals surface area (Å²) in [6.45, 7) is 0.538. The van der Waals surface area contributed by atoms with Crippen LogP contribution in [0, 0.1) is 0 Å². The van der Waals surface area contributed by atoms with E-state index in [4.69, 9.17) is 5.11 Å². The summed E-state index contributed by atoms with van der Waals surface area (Å²) in [6, 6.07) is -0.877. The minimum absolute atomic E-state index is 0.0734. The highest BCUT2D eigenvalue weighted by Gasteiger charge is 2.36. The zero-order valence-corrected chi connectivity index (χ0v) is 12.3. The Morgan fingerprint density at radius 1 is 1.35 bits per heavy atom. The first-order valence-electron chi connectivity index (χ1n) is 6.73. The fraction of sp³-hybridized carbons (Fsp3) is 0.833. The molecule has 0 aliphatic carbocycles. The van der Waals surface area contributed by atoms with Crippen LogP contribution in [-0.4, -0.2) is 78.9 Å². The fourth-order valence-corrected chi connectivity index (χ4v) is 4.68. The Morgan fingerprint density at radius 2 is 2.05 bits per heavy atom. The van der Waals surface area contributed by atoms with Crippen LogP contribution in [0.15, 0.2) is 0 Å². The Kier molecular flexibility index (Phi) is 4.33. The molecule has 0 radical (unpaired) electrons. The van der Waals surface area contributed by atoms with Gasteiger partial charge in [-0.3, -0.25) is 9.69 Å². The molecule has 0 aromatic rings. The lowest BCUT2D eigenvalue weighted by Crippen LogP contribution is -2.47. The lowest BCUT2D eigenvalue weighted by Gasteiger charge is -2.27. The molecule has 2 heterocycles. The lowest BCUT2D eigenvalue weighted by molar-refractivity contribution is -0.148. The van der Waals surface area contributed by atoms with Gasteiger partial charge in [0.2, 0.25) is 5.91 Å². The Balaban J connectivity index is 1.93. The lowest BCUT2D eigenvalue weighted by atomic mass is 10.2. The molecule has 2 atom stereocenters. The van der Waals surface area contributed by atoms with Crippen molar-refractivity contribution in [3.8, 4) is 0 Å². The maximum absolute atomic E-state index is 12.2. The Morgan fingerprint density at radius 3 is 2.60 bits per heavy atom. The largest absolute Gasteiger partial charge is 0.480 e. The number of sulfone groups is 1. The zero-order valence-electron chi connectivity index (χ0n) is 11.5. The number of nitrogens with zero attached hydrogens (tertiary/aromatic N) is 2. The third-order valence-electron chi connectivity index (χ3n) is 4.07. The number of likely N-dealkylation sites (N-methyl/N-ethyl adjacent to an activating group) is 1. The summed E-state index contributed by atoms with van der Waals surface area (Å²) in [5.41, 5.74) is 0. The van der Waals surface area contributed by atoms with Crippen molar-refractivity contribution in [2.75, 3.05) is 31.6 Å². The van der Waals surface area contributed by atoms with E-state index in [-0.39, 0.29) is 30.0 Å². The van der Waals surface area contributed by atoms with E-state index in [2.05, 4.69) is 0 Å². The van der Waals surface area contributed by atoms with E-state index >= 15 is 0 Å². The summed E-state index contributed by atoms with van der Waals surface area (Å²) in [5, 5.41) is 9.06. The van der Waals surface area contributed by atoms with E-state index in [0.717, 1.165) is 0 Å². The van der Waals surface area contributed by atoms with Gasteiger partial charge in [0.15, 0.2) is 9.84 Å². The SMILES string of the molecule is CN(CC(=O)N1CCCC1C(=O)O)C1CCS(=O)(=O)C1. The van der Waals surface area contributed by atoms with Gasteiger partial charge in [-0.25, -0.2) is 13.2 Å². The first-order chi connectivity index (χ1) is 9.30. The van der Waals surface area contributed by atoms with E-state index in [1.54, 1.807) is 11.9 Å². The molecule has 2 saturated heterocycles. The monoisotopic (exact) mass is 304 g/mol. The van der Waals surface area contributed by atoms with Gasteiger partial charge >= 0.3 is 5.97 Å².